The van der Waals surface area contributed by atoms with Crippen LogP contribution in [-0.4, -0.2) is 46.9 Å². The Bertz CT molecular complexity index is 439. The number of aryl methyl sites for hydroxylation is 1. The lowest BCUT2D eigenvalue weighted by molar-refractivity contribution is -0.388. The topological polar surface area (TPSA) is 91.5 Å². The molecular weight excluding hydrogens is 240 g/mol. The molecular formula is C10H16N4O4. The Balaban J connectivity index is 2.10. The Kier molecular flexibility index (Phi) is 3.48. The van der Waals surface area contributed by atoms with E-state index in [0.717, 1.165) is 6.42 Å². The number of nitrogens with one attached hydrogen (secondary N) is 1. The van der Waals surface area contributed by atoms with E-state index in [9.17, 15) is 10.1 Å². The van der Waals surface area contributed by atoms with Crippen molar-refractivity contribution >= 4 is 11.6 Å². The minimum absolute atomic E-state index is 0.178. The van der Waals surface area contributed by atoms with Crippen molar-refractivity contribution in [2.45, 2.75) is 12.0 Å². The van der Waals surface area contributed by atoms with Crippen LogP contribution in [0.4, 0.5) is 11.6 Å². The van der Waals surface area contributed by atoms with Crippen molar-refractivity contribution in [3.05, 3.63) is 16.4 Å². The Morgan fingerprint density at radius 3 is 3.11 bits per heavy atom. The van der Waals surface area contributed by atoms with Gasteiger partial charge in [0.25, 0.3) is 0 Å². The molecule has 100 valence electrons. The Labute approximate surface area is 104 Å². The third-order valence-corrected chi connectivity index (χ3v) is 3.17. The number of nitrogens with zero attached hydrogens (tertiary/aromatic N) is 3. The lowest BCUT2D eigenvalue weighted by Gasteiger charge is -2.26. The normalized spacial score (nSPS) is 23.2. The molecule has 1 fully saturated rings. The number of methoxy groups -OCH3 is 1. The minimum atomic E-state index is -0.507. The molecule has 8 nitrogen and oxygen atoms in total. The monoisotopic (exact) mass is 256 g/mol. The molecule has 1 unspecified atom stereocenters. The van der Waals surface area contributed by atoms with E-state index in [1.807, 2.05) is 0 Å². The molecule has 0 bridgehead atoms. The maximum absolute atomic E-state index is 10.8. The molecule has 1 aliphatic heterocycles. The van der Waals surface area contributed by atoms with E-state index in [2.05, 4.69) is 10.3 Å². The molecule has 1 aromatic heterocycles. The summed E-state index contributed by atoms with van der Waals surface area (Å²) in [4.78, 5) is 14.0. The summed E-state index contributed by atoms with van der Waals surface area (Å²) in [5.74, 6) is 0.200. The quantitative estimate of drug-likeness (QED) is 0.611. The third-order valence-electron chi connectivity index (χ3n) is 3.17. The number of imidazole rings is 1. The van der Waals surface area contributed by atoms with Crippen LogP contribution in [0, 0.1) is 10.1 Å². The number of rotatable bonds is 5. The maximum atomic E-state index is 10.8. The molecule has 0 aliphatic carbocycles. The fourth-order valence-corrected chi connectivity index (χ4v) is 1.96. The molecule has 1 aliphatic rings. The van der Waals surface area contributed by atoms with Crippen LogP contribution in [0.25, 0.3) is 0 Å². The van der Waals surface area contributed by atoms with Gasteiger partial charge in [0.15, 0.2) is 0 Å². The van der Waals surface area contributed by atoms with Crippen LogP contribution >= 0.6 is 0 Å². The SMILES string of the molecule is COC1(CNc2c([N+](=O)[O-])ncn2C)CCOC1. The van der Waals surface area contributed by atoms with Crippen LogP contribution in [0.5, 0.6) is 0 Å². The van der Waals surface area contributed by atoms with Crippen molar-refractivity contribution in [3.8, 4) is 0 Å². The predicted molar refractivity (Wildman–Crippen MR) is 63.5 cm³/mol. The number of ether oxygens (including phenoxy) is 2. The molecule has 0 saturated carbocycles. The highest BCUT2D eigenvalue weighted by Crippen LogP contribution is 2.26. The molecule has 0 amide bonds. The second-order valence-corrected chi connectivity index (χ2v) is 4.33. The first-order valence-electron chi connectivity index (χ1n) is 5.60. The zero-order valence-electron chi connectivity index (χ0n) is 10.4. The third kappa shape index (κ3) is 2.29. The van der Waals surface area contributed by atoms with Gasteiger partial charge in [0.05, 0.1) is 6.61 Å². The van der Waals surface area contributed by atoms with Gasteiger partial charge in [-0.3, -0.25) is 4.57 Å². The first-order valence-corrected chi connectivity index (χ1v) is 5.60. The molecule has 1 N–H and O–H groups in total. The highest BCUT2D eigenvalue weighted by Gasteiger charge is 2.35. The average Bonchev–Trinajstić information content (AvgIpc) is 2.94. The predicted octanol–water partition coefficient (Wildman–Crippen LogP) is 0.546. The van der Waals surface area contributed by atoms with Gasteiger partial charge in [0.1, 0.15) is 5.60 Å². The van der Waals surface area contributed by atoms with Gasteiger partial charge in [0, 0.05) is 33.7 Å². The molecule has 2 heterocycles. The van der Waals surface area contributed by atoms with Crippen LogP contribution in [0.1, 0.15) is 6.42 Å². The smallest absolute Gasteiger partial charge is 0.378 e. The molecule has 0 radical (unpaired) electrons. The number of aromatic nitrogens is 2. The van der Waals surface area contributed by atoms with Crippen LogP contribution in [0.15, 0.2) is 6.33 Å². The summed E-state index contributed by atoms with van der Waals surface area (Å²) < 4.78 is 12.3. The Morgan fingerprint density at radius 2 is 2.56 bits per heavy atom. The van der Waals surface area contributed by atoms with Crippen molar-refractivity contribution < 1.29 is 14.4 Å². The molecule has 1 aromatic rings. The van der Waals surface area contributed by atoms with E-state index >= 15 is 0 Å². The Hall–Kier alpha value is -1.67. The second kappa shape index (κ2) is 4.91. The summed E-state index contributed by atoms with van der Waals surface area (Å²) in [5.41, 5.74) is -0.419. The fraction of sp³-hybridized carbons (Fsp3) is 0.700. The highest BCUT2D eigenvalue weighted by atomic mass is 16.6. The minimum Gasteiger partial charge on any atom is -0.378 e. The van der Waals surface area contributed by atoms with E-state index in [4.69, 9.17) is 9.47 Å². The number of anilines is 1. The lowest BCUT2D eigenvalue weighted by atomic mass is 10.0. The van der Waals surface area contributed by atoms with Gasteiger partial charge in [-0.15, -0.1) is 0 Å². The van der Waals surface area contributed by atoms with Gasteiger partial charge in [0.2, 0.25) is 12.1 Å². The molecule has 0 aromatic carbocycles. The maximum Gasteiger partial charge on any atom is 0.406 e. The van der Waals surface area contributed by atoms with Crippen molar-refractivity contribution in [1.29, 1.82) is 0 Å². The van der Waals surface area contributed by atoms with Gasteiger partial charge < -0.3 is 24.9 Å². The molecule has 18 heavy (non-hydrogen) atoms. The standard InChI is InChI=1S/C10H16N4O4/c1-13-7-12-9(14(15)16)8(13)11-5-10(17-2)3-4-18-6-10/h7,11H,3-6H2,1-2H3. The first-order chi connectivity index (χ1) is 8.58. The van der Waals surface area contributed by atoms with Gasteiger partial charge in [-0.25, -0.2) is 0 Å². The van der Waals surface area contributed by atoms with Gasteiger partial charge in [-0.1, -0.05) is 0 Å². The van der Waals surface area contributed by atoms with Crippen molar-refractivity contribution in [3.63, 3.8) is 0 Å². The summed E-state index contributed by atoms with van der Waals surface area (Å²) in [6.07, 6.45) is 2.17. The van der Waals surface area contributed by atoms with Crippen LogP contribution < -0.4 is 5.32 Å². The van der Waals surface area contributed by atoms with Gasteiger partial charge in [-0.05, 0) is 9.91 Å². The zero-order valence-corrected chi connectivity index (χ0v) is 10.4. The number of hydrogen-bond donors (Lipinski definition) is 1. The lowest BCUT2D eigenvalue weighted by Crippen LogP contribution is -2.40. The van der Waals surface area contributed by atoms with Gasteiger partial charge in [-0.2, -0.15) is 0 Å². The van der Waals surface area contributed by atoms with E-state index < -0.39 is 10.5 Å². The van der Waals surface area contributed by atoms with E-state index in [-0.39, 0.29) is 5.82 Å². The largest absolute Gasteiger partial charge is 0.406 e. The Morgan fingerprint density at radius 1 is 1.78 bits per heavy atom. The highest BCUT2D eigenvalue weighted by molar-refractivity contribution is 5.52. The van der Waals surface area contributed by atoms with Crippen molar-refractivity contribution in [1.82, 2.24) is 9.55 Å². The molecule has 1 atom stereocenters. The zero-order chi connectivity index (χ0) is 13.2. The molecule has 0 spiro atoms. The van der Waals surface area contributed by atoms with E-state index in [1.165, 1.54) is 6.33 Å². The second-order valence-electron chi connectivity index (χ2n) is 4.33. The summed E-state index contributed by atoms with van der Waals surface area (Å²) in [7, 11) is 3.32. The van der Waals surface area contributed by atoms with Gasteiger partial charge >= 0.3 is 5.82 Å². The summed E-state index contributed by atoms with van der Waals surface area (Å²) >= 11 is 0. The summed E-state index contributed by atoms with van der Waals surface area (Å²) in [6, 6.07) is 0. The summed E-state index contributed by atoms with van der Waals surface area (Å²) in [5, 5.41) is 13.8. The van der Waals surface area contributed by atoms with Crippen molar-refractivity contribution in [2.75, 3.05) is 32.2 Å². The van der Waals surface area contributed by atoms with Crippen LogP contribution in [0.3, 0.4) is 0 Å². The summed E-state index contributed by atoms with van der Waals surface area (Å²) in [6.45, 7) is 1.58. The number of hydrogen-bond acceptors (Lipinski definition) is 6. The molecule has 2 rings (SSSR count). The van der Waals surface area contributed by atoms with E-state index in [1.54, 1.807) is 18.7 Å². The first kappa shape index (κ1) is 12.8. The molecule has 8 heteroatoms. The fourth-order valence-electron chi connectivity index (χ4n) is 1.96. The molecule has 1 saturated heterocycles. The van der Waals surface area contributed by atoms with Crippen LogP contribution in [0.2, 0.25) is 0 Å². The van der Waals surface area contributed by atoms with Crippen LogP contribution in [-0.2, 0) is 16.5 Å². The van der Waals surface area contributed by atoms with Crippen molar-refractivity contribution in [2.24, 2.45) is 7.05 Å². The average molecular weight is 256 g/mol. The number of nitro groups is 1. The van der Waals surface area contributed by atoms with E-state index in [0.29, 0.717) is 25.6 Å².